The molecule has 1 N–H and O–H groups in total. The maximum atomic E-state index is 11.1. The molecule has 16 heavy (non-hydrogen) atoms. The van der Waals surface area contributed by atoms with Gasteiger partial charge in [0.15, 0.2) is 0 Å². The molecule has 0 saturated heterocycles. The van der Waals surface area contributed by atoms with Crippen molar-refractivity contribution in [2.75, 3.05) is 0 Å². The van der Waals surface area contributed by atoms with Crippen LogP contribution in [0.5, 0.6) is 0 Å². The van der Waals surface area contributed by atoms with Gasteiger partial charge in [-0.15, -0.1) is 4.24 Å². The fourth-order valence-electron chi connectivity index (χ4n) is 0.815. The van der Waals surface area contributed by atoms with Crippen LogP contribution in [0.15, 0.2) is 29.2 Å². The van der Waals surface area contributed by atoms with E-state index in [1.807, 2.05) is 0 Å². The summed E-state index contributed by atoms with van der Waals surface area (Å²) in [6, 6.07) is 4.48. The Hall–Kier alpha value is 0.890. The number of rotatable bonds is 3. The van der Waals surface area contributed by atoms with Crippen molar-refractivity contribution in [3.63, 3.8) is 0 Å². The van der Waals surface area contributed by atoms with Crippen LogP contribution < -0.4 is 68.5 Å². The predicted octanol–water partition coefficient (Wildman–Crippen LogP) is -6.51. The van der Waals surface area contributed by atoms with Gasteiger partial charge < -0.3 is 9.90 Å². The summed E-state index contributed by atoms with van der Waals surface area (Å²) in [6.07, 6.45) is 0. The third-order valence-electron chi connectivity index (χ3n) is 1.50. The first-order chi connectivity index (χ1) is 6.47. The van der Waals surface area contributed by atoms with Gasteiger partial charge in [0, 0.05) is 0 Å². The van der Waals surface area contributed by atoms with E-state index >= 15 is 0 Å². The van der Waals surface area contributed by atoms with Gasteiger partial charge in [0.2, 0.25) is 0 Å². The fraction of sp³-hybridized carbons (Fsp3) is 0. The Morgan fingerprint density at radius 3 is 1.94 bits per heavy atom. The van der Waals surface area contributed by atoms with Crippen LogP contribution in [0, 0.1) is 0 Å². The number of carboxylic acid groups (broad SMARTS) is 1. The van der Waals surface area contributed by atoms with Crippen molar-refractivity contribution in [3.05, 3.63) is 29.8 Å². The normalized spacial score (nSPS) is 9.81. The molecule has 0 heterocycles. The van der Waals surface area contributed by atoms with Crippen LogP contribution >= 0.6 is 11.8 Å². The molecule has 76 valence electrons. The van der Waals surface area contributed by atoms with Crippen molar-refractivity contribution < 1.29 is 77.4 Å². The summed E-state index contributed by atoms with van der Waals surface area (Å²) in [6.45, 7) is 0. The van der Waals surface area contributed by atoms with E-state index in [1.165, 1.54) is 0 Å². The zero-order valence-electron chi connectivity index (χ0n) is 8.73. The van der Waals surface area contributed by atoms with Gasteiger partial charge in [-0.2, -0.15) is 0 Å². The van der Waals surface area contributed by atoms with Gasteiger partial charge in [-0.05, 0) is 29.5 Å². The summed E-state index contributed by atoms with van der Waals surface area (Å²) in [5.74, 6) is -1.37. The third kappa shape index (κ3) is 5.03. The number of halogens is 1. The maximum absolute atomic E-state index is 11.1. The average Bonchev–Trinajstić information content (AvgIpc) is 2.18. The Balaban J connectivity index is 0. The van der Waals surface area contributed by atoms with Gasteiger partial charge >= 0.3 is 59.1 Å². The molecule has 0 aliphatic carbocycles. The van der Waals surface area contributed by atoms with E-state index in [2.05, 4.69) is 0 Å². The molecule has 1 aromatic carbocycles. The molecular formula is C7H5ClNNa2O4S+. The van der Waals surface area contributed by atoms with E-state index in [0.717, 1.165) is 24.3 Å². The second-order valence-electron chi connectivity index (χ2n) is 2.39. The van der Waals surface area contributed by atoms with Gasteiger partial charge in [0.25, 0.3) is 10.0 Å². The average molecular weight is 281 g/mol. The molecule has 1 aromatic rings. The van der Waals surface area contributed by atoms with E-state index in [9.17, 15) is 18.3 Å². The quantitative estimate of drug-likeness (QED) is 0.441. The topological polar surface area (TPSA) is 86.3 Å². The molecule has 0 aromatic heterocycles. The number of hydrogen-bond acceptors (Lipinski definition) is 4. The Bertz CT molecular complexity index is 448. The number of aromatic carboxylic acids is 1. The molecule has 0 bridgehead atoms. The van der Waals surface area contributed by atoms with E-state index in [0.29, 0.717) is 0 Å². The maximum Gasteiger partial charge on any atom is 1.00 e. The zero-order chi connectivity index (χ0) is 10.8. The number of benzene rings is 1. The minimum atomic E-state index is -3.74. The van der Waals surface area contributed by atoms with Crippen molar-refractivity contribution in [3.8, 4) is 0 Å². The molecule has 5 nitrogen and oxygen atoms in total. The number of sulfonamides is 1. The summed E-state index contributed by atoms with van der Waals surface area (Å²) in [7, 11) is -3.74. The number of carboxylic acids is 1. The fourth-order valence-corrected chi connectivity index (χ4v) is 1.67. The Morgan fingerprint density at radius 1 is 1.19 bits per heavy atom. The first-order valence-corrected chi connectivity index (χ1v) is 5.27. The number of hydrogen-bond donors (Lipinski definition) is 1. The molecular weight excluding hydrogens is 276 g/mol. The molecule has 0 amide bonds. The molecule has 0 fully saturated rings. The summed E-state index contributed by atoms with van der Waals surface area (Å²) in [5.41, 5.74) is -0.0986. The predicted molar refractivity (Wildman–Crippen MR) is 46.9 cm³/mol. The molecule has 0 aliphatic rings. The number of carbonyl (C=O) groups is 1. The minimum absolute atomic E-state index is 0. The van der Waals surface area contributed by atoms with Crippen LogP contribution in [0.2, 0.25) is 0 Å². The zero-order valence-corrected chi connectivity index (χ0v) is 14.3. The minimum Gasteiger partial charge on any atom is -0.545 e. The van der Waals surface area contributed by atoms with Gasteiger partial charge in [-0.3, -0.25) is 0 Å². The Labute approximate surface area is 142 Å². The summed E-state index contributed by atoms with van der Waals surface area (Å²) >= 11 is 4.96. The molecule has 0 atom stereocenters. The first-order valence-electron chi connectivity index (χ1n) is 3.41. The van der Waals surface area contributed by atoms with Gasteiger partial charge in [0.1, 0.15) is 0 Å². The largest absolute Gasteiger partial charge is 1.00 e. The monoisotopic (exact) mass is 280 g/mol. The van der Waals surface area contributed by atoms with Gasteiger partial charge in [0.05, 0.1) is 10.9 Å². The van der Waals surface area contributed by atoms with Crippen LogP contribution in [0.1, 0.15) is 10.4 Å². The number of nitrogens with one attached hydrogen (secondary N) is 1. The Morgan fingerprint density at radius 2 is 1.62 bits per heavy atom. The first kappa shape index (κ1) is 19.2. The van der Waals surface area contributed by atoms with Crippen molar-refractivity contribution >= 4 is 27.8 Å². The van der Waals surface area contributed by atoms with E-state index in [4.69, 9.17) is 11.8 Å². The van der Waals surface area contributed by atoms with E-state index in [-0.39, 0.29) is 69.6 Å². The summed E-state index contributed by atoms with van der Waals surface area (Å²) < 4.78 is 23.7. The molecule has 1 rings (SSSR count). The smallest absolute Gasteiger partial charge is 0.545 e. The van der Waals surface area contributed by atoms with Crippen molar-refractivity contribution in [1.82, 2.24) is 4.24 Å². The van der Waals surface area contributed by atoms with Gasteiger partial charge in [-0.25, -0.2) is 8.42 Å². The Kier molecular flexibility index (Phi) is 9.71. The van der Waals surface area contributed by atoms with E-state index < -0.39 is 16.0 Å². The molecule has 0 aliphatic heterocycles. The van der Waals surface area contributed by atoms with Crippen LogP contribution in [0.25, 0.3) is 0 Å². The SMILES string of the molecule is O=C([O-])c1ccc(S(=O)(=O)NCl)cc1.[Na+].[Na+]. The summed E-state index contributed by atoms with van der Waals surface area (Å²) in [5, 5.41) is 10.3. The molecule has 0 radical (unpaired) electrons. The third-order valence-corrected chi connectivity index (χ3v) is 3.21. The standard InChI is InChI=1S/C7H6ClNO4S.2Na/c8-9-14(12,13)6-3-1-5(2-4-6)7(10)11;;/h1-4,9H,(H,10,11);;/q;2*+1/p-1. The summed E-state index contributed by atoms with van der Waals surface area (Å²) in [4.78, 5) is 10.2. The molecule has 0 unspecified atom stereocenters. The number of carbonyl (C=O) groups excluding carboxylic acids is 1. The van der Waals surface area contributed by atoms with Crippen molar-refractivity contribution in [2.45, 2.75) is 4.90 Å². The van der Waals surface area contributed by atoms with Crippen LogP contribution in [0.3, 0.4) is 0 Å². The van der Waals surface area contributed by atoms with Crippen molar-refractivity contribution in [1.29, 1.82) is 0 Å². The van der Waals surface area contributed by atoms with Crippen LogP contribution in [-0.4, -0.2) is 14.4 Å². The van der Waals surface area contributed by atoms with Crippen LogP contribution in [-0.2, 0) is 10.0 Å². The van der Waals surface area contributed by atoms with Crippen LogP contribution in [0.4, 0.5) is 0 Å². The molecule has 0 saturated carbocycles. The van der Waals surface area contributed by atoms with E-state index in [1.54, 1.807) is 4.24 Å². The second-order valence-corrected chi connectivity index (χ2v) is 4.49. The second kappa shape index (κ2) is 8.07. The molecule has 9 heteroatoms. The van der Waals surface area contributed by atoms with Crippen molar-refractivity contribution in [2.24, 2.45) is 0 Å². The molecule has 0 spiro atoms. The van der Waals surface area contributed by atoms with Gasteiger partial charge in [-0.1, -0.05) is 12.1 Å².